The van der Waals surface area contributed by atoms with E-state index in [1.165, 1.54) is 6.07 Å². The molecule has 1 heterocycles. The van der Waals surface area contributed by atoms with Crippen LogP contribution in [-0.4, -0.2) is 4.98 Å². The molecule has 0 saturated heterocycles. The van der Waals surface area contributed by atoms with Crippen LogP contribution in [0, 0.1) is 5.82 Å². The van der Waals surface area contributed by atoms with Crippen molar-refractivity contribution in [2.75, 3.05) is 0 Å². The van der Waals surface area contributed by atoms with E-state index in [0.29, 0.717) is 5.88 Å². The van der Waals surface area contributed by atoms with E-state index in [1.54, 1.807) is 30.5 Å². The monoisotopic (exact) mass is 232 g/mol. The van der Waals surface area contributed by atoms with Crippen LogP contribution in [0.5, 0.6) is 11.6 Å². The summed E-state index contributed by atoms with van der Waals surface area (Å²) >= 11 is 0. The summed E-state index contributed by atoms with van der Waals surface area (Å²) in [5.41, 5.74) is 6.54. The second-order valence-corrected chi connectivity index (χ2v) is 3.72. The molecule has 0 radical (unpaired) electrons. The van der Waals surface area contributed by atoms with E-state index in [4.69, 9.17) is 10.5 Å². The van der Waals surface area contributed by atoms with Gasteiger partial charge in [0, 0.05) is 17.8 Å². The summed E-state index contributed by atoms with van der Waals surface area (Å²) in [7, 11) is 0. The molecule has 17 heavy (non-hydrogen) atoms. The topological polar surface area (TPSA) is 48.1 Å². The van der Waals surface area contributed by atoms with Crippen molar-refractivity contribution in [2.24, 2.45) is 5.73 Å². The molecule has 0 aliphatic carbocycles. The van der Waals surface area contributed by atoms with Gasteiger partial charge in [-0.05, 0) is 25.1 Å². The molecule has 1 atom stereocenters. The van der Waals surface area contributed by atoms with Gasteiger partial charge in [-0.3, -0.25) is 0 Å². The molecule has 2 N–H and O–H groups in total. The smallest absolute Gasteiger partial charge is 0.224 e. The summed E-state index contributed by atoms with van der Waals surface area (Å²) in [5, 5.41) is 0. The number of ether oxygens (including phenoxy) is 1. The van der Waals surface area contributed by atoms with Gasteiger partial charge in [-0.1, -0.05) is 18.2 Å². The fourth-order valence-corrected chi connectivity index (χ4v) is 1.47. The fourth-order valence-electron chi connectivity index (χ4n) is 1.47. The van der Waals surface area contributed by atoms with Crippen LogP contribution in [0.3, 0.4) is 0 Å². The lowest BCUT2D eigenvalue weighted by atomic mass is 10.1. The standard InChI is InChI=1S/C13H13FN2O/c1-9(15)10-5-4-8-16-13(10)17-12-7-3-2-6-11(12)14/h2-9H,15H2,1H3/t9-/m1/s1. The number of aromatic nitrogens is 1. The molecule has 0 spiro atoms. The highest BCUT2D eigenvalue weighted by Gasteiger charge is 2.11. The van der Waals surface area contributed by atoms with Crippen molar-refractivity contribution < 1.29 is 9.13 Å². The first-order valence-electron chi connectivity index (χ1n) is 5.31. The second-order valence-electron chi connectivity index (χ2n) is 3.72. The first-order chi connectivity index (χ1) is 8.18. The molecule has 4 heteroatoms. The zero-order valence-corrected chi connectivity index (χ0v) is 9.43. The molecular weight excluding hydrogens is 219 g/mol. The summed E-state index contributed by atoms with van der Waals surface area (Å²) in [6.07, 6.45) is 1.59. The number of hydrogen-bond donors (Lipinski definition) is 1. The molecule has 1 aromatic carbocycles. The predicted octanol–water partition coefficient (Wildman–Crippen LogP) is 3.03. The lowest BCUT2D eigenvalue weighted by Crippen LogP contribution is -2.07. The third kappa shape index (κ3) is 2.60. The SMILES string of the molecule is C[C@@H](N)c1cccnc1Oc1ccccc1F. The van der Waals surface area contributed by atoms with Crippen molar-refractivity contribution in [3.63, 3.8) is 0 Å². The Kier molecular flexibility index (Phi) is 3.35. The zero-order valence-electron chi connectivity index (χ0n) is 9.43. The van der Waals surface area contributed by atoms with Crippen LogP contribution < -0.4 is 10.5 Å². The summed E-state index contributed by atoms with van der Waals surface area (Å²) in [6, 6.07) is 9.56. The molecule has 0 aliphatic rings. The molecule has 88 valence electrons. The largest absolute Gasteiger partial charge is 0.436 e. The molecule has 0 saturated carbocycles. The number of halogens is 1. The summed E-state index contributed by atoms with van der Waals surface area (Å²) in [5.74, 6) is 0.0643. The van der Waals surface area contributed by atoms with Crippen LogP contribution in [-0.2, 0) is 0 Å². The third-order valence-electron chi connectivity index (χ3n) is 2.33. The molecule has 3 nitrogen and oxygen atoms in total. The molecular formula is C13H13FN2O. The maximum atomic E-state index is 13.4. The lowest BCUT2D eigenvalue weighted by molar-refractivity contribution is 0.419. The van der Waals surface area contributed by atoms with E-state index in [0.717, 1.165) is 5.56 Å². The maximum absolute atomic E-state index is 13.4. The molecule has 0 bridgehead atoms. The number of benzene rings is 1. The predicted molar refractivity (Wildman–Crippen MR) is 63.3 cm³/mol. The molecule has 0 fully saturated rings. The van der Waals surface area contributed by atoms with Crippen LogP contribution in [0.4, 0.5) is 4.39 Å². The molecule has 0 amide bonds. The van der Waals surface area contributed by atoms with E-state index in [1.807, 2.05) is 13.0 Å². The zero-order chi connectivity index (χ0) is 12.3. The Morgan fingerprint density at radius 3 is 2.71 bits per heavy atom. The molecule has 0 unspecified atom stereocenters. The van der Waals surface area contributed by atoms with Gasteiger partial charge in [-0.25, -0.2) is 9.37 Å². The van der Waals surface area contributed by atoms with Crippen LogP contribution in [0.1, 0.15) is 18.5 Å². The Morgan fingerprint density at radius 2 is 2.00 bits per heavy atom. The first-order valence-corrected chi connectivity index (χ1v) is 5.31. The minimum Gasteiger partial charge on any atom is -0.436 e. The molecule has 2 rings (SSSR count). The van der Waals surface area contributed by atoms with Crippen LogP contribution in [0.25, 0.3) is 0 Å². The Hall–Kier alpha value is -1.94. The van der Waals surface area contributed by atoms with Gasteiger partial charge in [0.25, 0.3) is 0 Å². The van der Waals surface area contributed by atoms with Crippen LogP contribution >= 0.6 is 0 Å². The lowest BCUT2D eigenvalue weighted by Gasteiger charge is -2.12. The Bertz CT molecular complexity index is 514. The van der Waals surface area contributed by atoms with Gasteiger partial charge in [-0.2, -0.15) is 0 Å². The summed E-state index contributed by atoms with van der Waals surface area (Å²) in [6.45, 7) is 1.82. The van der Waals surface area contributed by atoms with Gasteiger partial charge in [0.05, 0.1) is 0 Å². The number of para-hydroxylation sites is 1. The van der Waals surface area contributed by atoms with Gasteiger partial charge in [0.2, 0.25) is 5.88 Å². The summed E-state index contributed by atoms with van der Waals surface area (Å²) < 4.78 is 18.9. The van der Waals surface area contributed by atoms with Gasteiger partial charge >= 0.3 is 0 Å². The van der Waals surface area contributed by atoms with Gasteiger partial charge in [0.1, 0.15) is 0 Å². The van der Waals surface area contributed by atoms with E-state index in [2.05, 4.69) is 4.98 Å². The van der Waals surface area contributed by atoms with Crippen molar-refractivity contribution in [3.8, 4) is 11.6 Å². The van der Waals surface area contributed by atoms with Gasteiger partial charge in [0.15, 0.2) is 11.6 Å². The van der Waals surface area contributed by atoms with Crippen molar-refractivity contribution in [1.29, 1.82) is 0 Å². The quantitative estimate of drug-likeness (QED) is 0.884. The average molecular weight is 232 g/mol. The van der Waals surface area contributed by atoms with E-state index in [9.17, 15) is 4.39 Å². The van der Waals surface area contributed by atoms with Crippen molar-refractivity contribution >= 4 is 0 Å². The maximum Gasteiger partial charge on any atom is 0.224 e. The van der Waals surface area contributed by atoms with Crippen LogP contribution in [0.15, 0.2) is 42.6 Å². The van der Waals surface area contributed by atoms with Gasteiger partial charge in [-0.15, -0.1) is 0 Å². The first kappa shape index (κ1) is 11.5. The van der Waals surface area contributed by atoms with Crippen molar-refractivity contribution in [2.45, 2.75) is 13.0 Å². The number of nitrogens with two attached hydrogens (primary N) is 1. The highest BCUT2D eigenvalue weighted by molar-refractivity contribution is 5.34. The van der Waals surface area contributed by atoms with Gasteiger partial charge < -0.3 is 10.5 Å². The highest BCUT2D eigenvalue weighted by Crippen LogP contribution is 2.27. The number of nitrogens with zero attached hydrogens (tertiary/aromatic N) is 1. The fraction of sp³-hybridized carbons (Fsp3) is 0.154. The summed E-state index contributed by atoms with van der Waals surface area (Å²) in [4.78, 5) is 4.07. The minimum absolute atomic E-state index is 0.146. The molecule has 2 aromatic rings. The second kappa shape index (κ2) is 4.93. The van der Waals surface area contributed by atoms with E-state index >= 15 is 0 Å². The molecule has 1 aromatic heterocycles. The highest BCUT2D eigenvalue weighted by atomic mass is 19.1. The Morgan fingerprint density at radius 1 is 1.24 bits per heavy atom. The van der Waals surface area contributed by atoms with E-state index in [-0.39, 0.29) is 11.8 Å². The normalized spacial score (nSPS) is 12.2. The molecule has 0 aliphatic heterocycles. The van der Waals surface area contributed by atoms with Crippen molar-refractivity contribution in [1.82, 2.24) is 4.98 Å². The van der Waals surface area contributed by atoms with E-state index < -0.39 is 5.82 Å². The van der Waals surface area contributed by atoms with Crippen molar-refractivity contribution in [3.05, 3.63) is 54.0 Å². The number of hydrogen-bond acceptors (Lipinski definition) is 3. The number of pyridine rings is 1. The Labute approximate surface area is 99.1 Å². The van der Waals surface area contributed by atoms with Crippen LogP contribution in [0.2, 0.25) is 0 Å². The third-order valence-corrected chi connectivity index (χ3v) is 2.33. The average Bonchev–Trinajstić information content (AvgIpc) is 2.32. The Balaban J connectivity index is 2.34. The minimum atomic E-state index is -0.422. The number of rotatable bonds is 3.